The molecule has 144 valence electrons. The van der Waals surface area contributed by atoms with E-state index in [4.69, 9.17) is 4.74 Å². The largest absolute Gasteiger partial charge is 0.489 e. The lowest BCUT2D eigenvalue weighted by atomic mass is 9.83. The smallest absolute Gasteiger partial charge is 0.234 e. The molecule has 0 radical (unpaired) electrons. The first kappa shape index (κ1) is 19.5. The molecule has 1 N–H and O–H groups in total. The van der Waals surface area contributed by atoms with Gasteiger partial charge >= 0.3 is 0 Å². The van der Waals surface area contributed by atoms with Gasteiger partial charge in [0.2, 0.25) is 5.91 Å². The van der Waals surface area contributed by atoms with Gasteiger partial charge in [0, 0.05) is 11.8 Å². The summed E-state index contributed by atoms with van der Waals surface area (Å²) in [6, 6.07) is 19.9. The highest BCUT2D eigenvalue weighted by Gasteiger charge is 2.30. The summed E-state index contributed by atoms with van der Waals surface area (Å²) in [7, 11) is 0. The Balaban J connectivity index is 1.65. The van der Waals surface area contributed by atoms with E-state index >= 15 is 0 Å². The first-order valence-electron chi connectivity index (χ1n) is 8.89. The minimum Gasteiger partial charge on any atom is -0.489 e. The van der Waals surface area contributed by atoms with Gasteiger partial charge < -0.3 is 10.1 Å². The van der Waals surface area contributed by atoms with Crippen LogP contribution in [0.5, 0.6) is 5.75 Å². The molecule has 0 spiro atoms. The number of carbonyl (C=O) groups is 1. The second-order valence-corrected chi connectivity index (χ2v) is 7.04. The zero-order chi connectivity index (χ0) is 20.1. The molecule has 3 nitrogen and oxygen atoms in total. The summed E-state index contributed by atoms with van der Waals surface area (Å²) < 4.78 is 32.7. The van der Waals surface area contributed by atoms with Crippen molar-refractivity contribution in [3.8, 4) is 5.75 Å². The molecule has 0 aliphatic carbocycles. The molecule has 3 aromatic rings. The first-order chi connectivity index (χ1) is 13.3. The van der Waals surface area contributed by atoms with Crippen LogP contribution in [0.3, 0.4) is 0 Å². The fraction of sp³-hybridized carbons (Fsp3) is 0.174. The number of rotatable bonds is 6. The Hall–Kier alpha value is -3.21. The van der Waals surface area contributed by atoms with Crippen molar-refractivity contribution in [2.75, 3.05) is 5.32 Å². The van der Waals surface area contributed by atoms with Gasteiger partial charge in [-0.2, -0.15) is 0 Å². The summed E-state index contributed by atoms with van der Waals surface area (Å²) in [6.45, 7) is 3.69. The highest BCUT2D eigenvalue weighted by atomic mass is 19.1. The molecule has 3 aromatic carbocycles. The molecule has 0 aliphatic rings. The van der Waals surface area contributed by atoms with Gasteiger partial charge in [-0.25, -0.2) is 8.78 Å². The molecular weight excluding hydrogens is 360 g/mol. The summed E-state index contributed by atoms with van der Waals surface area (Å²) in [5.74, 6) is -1.12. The number of hydrogen-bond donors (Lipinski definition) is 1. The Morgan fingerprint density at radius 2 is 1.54 bits per heavy atom. The van der Waals surface area contributed by atoms with Gasteiger partial charge in [0.15, 0.2) is 0 Å². The number of halogens is 2. The highest BCUT2D eigenvalue weighted by Crippen LogP contribution is 2.27. The summed E-state index contributed by atoms with van der Waals surface area (Å²) in [5, 5.41) is 2.78. The SMILES string of the molecule is CC(C)(C(=O)Nc1ccc(OCc2ccccc2)cc1)c1cc(F)cc(F)c1. The van der Waals surface area contributed by atoms with Crippen LogP contribution in [0.4, 0.5) is 14.5 Å². The average Bonchev–Trinajstić information content (AvgIpc) is 2.67. The van der Waals surface area contributed by atoms with Crippen LogP contribution in [-0.4, -0.2) is 5.91 Å². The van der Waals surface area contributed by atoms with Gasteiger partial charge in [0.1, 0.15) is 24.0 Å². The second-order valence-electron chi connectivity index (χ2n) is 7.04. The molecule has 0 saturated carbocycles. The third-order valence-corrected chi connectivity index (χ3v) is 4.51. The van der Waals surface area contributed by atoms with Crippen LogP contribution < -0.4 is 10.1 Å². The number of hydrogen-bond acceptors (Lipinski definition) is 2. The molecule has 0 unspecified atom stereocenters. The van der Waals surface area contributed by atoms with E-state index in [1.807, 2.05) is 30.3 Å². The van der Waals surface area contributed by atoms with E-state index < -0.39 is 17.0 Å². The quantitative estimate of drug-likeness (QED) is 0.616. The summed E-state index contributed by atoms with van der Waals surface area (Å²) in [6.07, 6.45) is 0. The maximum absolute atomic E-state index is 13.5. The molecule has 0 bridgehead atoms. The van der Waals surface area contributed by atoms with Gasteiger partial charge in [-0.1, -0.05) is 30.3 Å². The Bertz CT molecular complexity index is 934. The van der Waals surface area contributed by atoms with Crippen molar-refractivity contribution >= 4 is 11.6 Å². The van der Waals surface area contributed by atoms with E-state index in [0.29, 0.717) is 18.0 Å². The van der Waals surface area contributed by atoms with Crippen molar-refractivity contribution in [1.82, 2.24) is 0 Å². The number of carbonyl (C=O) groups excluding carboxylic acids is 1. The van der Waals surface area contributed by atoms with E-state index in [2.05, 4.69) is 5.32 Å². The fourth-order valence-corrected chi connectivity index (χ4v) is 2.71. The summed E-state index contributed by atoms with van der Waals surface area (Å²) in [4.78, 5) is 12.7. The number of nitrogens with one attached hydrogen (secondary N) is 1. The van der Waals surface area contributed by atoms with Crippen molar-refractivity contribution < 1.29 is 18.3 Å². The van der Waals surface area contributed by atoms with Crippen molar-refractivity contribution in [1.29, 1.82) is 0 Å². The van der Waals surface area contributed by atoms with E-state index in [1.54, 1.807) is 38.1 Å². The minimum absolute atomic E-state index is 0.269. The monoisotopic (exact) mass is 381 g/mol. The predicted octanol–water partition coefficient (Wildman–Crippen LogP) is 5.46. The molecule has 0 heterocycles. The Labute approximate surface area is 163 Å². The lowest BCUT2D eigenvalue weighted by Gasteiger charge is -2.24. The van der Waals surface area contributed by atoms with Gasteiger partial charge in [0.05, 0.1) is 5.41 Å². The average molecular weight is 381 g/mol. The van der Waals surface area contributed by atoms with Crippen molar-refractivity contribution in [2.24, 2.45) is 0 Å². The summed E-state index contributed by atoms with van der Waals surface area (Å²) >= 11 is 0. The van der Waals surface area contributed by atoms with E-state index in [-0.39, 0.29) is 11.5 Å². The van der Waals surface area contributed by atoms with Crippen LogP contribution in [0.2, 0.25) is 0 Å². The van der Waals surface area contributed by atoms with Crippen molar-refractivity contribution in [2.45, 2.75) is 25.9 Å². The number of anilines is 1. The zero-order valence-corrected chi connectivity index (χ0v) is 15.7. The van der Waals surface area contributed by atoms with E-state index in [0.717, 1.165) is 11.6 Å². The molecule has 0 aromatic heterocycles. The third kappa shape index (κ3) is 4.74. The second kappa shape index (κ2) is 8.21. The van der Waals surface area contributed by atoms with Crippen LogP contribution in [0.1, 0.15) is 25.0 Å². The van der Waals surface area contributed by atoms with Crippen LogP contribution in [0.15, 0.2) is 72.8 Å². The molecule has 0 atom stereocenters. The third-order valence-electron chi connectivity index (χ3n) is 4.51. The fourth-order valence-electron chi connectivity index (χ4n) is 2.71. The Kier molecular flexibility index (Phi) is 5.73. The molecule has 0 aliphatic heterocycles. The molecule has 0 fully saturated rings. The van der Waals surface area contributed by atoms with Crippen molar-refractivity contribution in [3.63, 3.8) is 0 Å². The molecule has 0 saturated heterocycles. The van der Waals surface area contributed by atoms with Crippen LogP contribution in [-0.2, 0) is 16.8 Å². The van der Waals surface area contributed by atoms with Gasteiger partial charge in [-0.3, -0.25) is 4.79 Å². The number of amides is 1. The maximum Gasteiger partial charge on any atom is 0.234 e. The normalized spacial score (nSPS) is 11.1. The Morgan fingerprint density at radius 1 is 0.929 bits per heavy atom. The molecule has 1 amide bonds. The maximum atomic E-state index is 13.5. The number of benzene rings is 3. The van der Waals surface area contributed by atoms with Crippen molar-refractivity contribution in [3.05, 3.63) is 95.6 Å². The minimum atomic E-state index is -1.11. The number of ether oxygens (including phenoxy) is 1. The molecular formula is C23H21F2NO2. The standard InChI is InChI=1S/C23H21F2NO2/c1-23(2,17-12-18(24)14-19(25)13-17)22(27)26-20-8-10-21(11-9-20)28-15-16-6-4-3-5-7-16/h3-14H,15H2,1-2H3,(H,26,27). The lowest BCUT2D eigenvalue weighted by Crippen LogP contribution is -2.35. The topological polar surface area (TPSA) is 38.3 Å². The van der Waals surface area contributed by atoms with Gasteiger partial charge in [-0.05, 0) is 61.4 Å². The molecule has 5 heteroatoms. The molecule has 28 heavy (non-hydrogen) atoms. The first-order valence-corrected chi connectivity index (χ1v) is 8.89. The van der Waals surface area contributed by atoms with Crippen LogP contribution in [0.25, 0.3) is 0 Å². The van der Waals surface area contributed by atoms with E-state index in [9.17, 15) is 13.6 Å². The predicted molar refractivity (Wildman–Crippen MR) is 105 cm³/mol. The Morgan fingerprint density at radius 3 is 2.14 bits per heavy atom. The van der Waals surface area contributed by atoms with E-state index in [1.165, 1.54) is 12.1 Å². The van der Waals surface area contributed by atoms with Crippen LogP contribution >= 0.6 is 0 Å². The van der Waals surface area contributed by atoms with Crippen LogP contribution in [0, 0.1) is 11.6 Å². The molecule has 3 rings (SSSR count). The highest BCUT2D eigenvalue weighted by molar-refractivity contribution is 5.98. The van der Waals surface area contributed by atoms with Gasteiger partial charge in [-0.15, -0.1) is 0 Å². The zero-order valence-electron chi connectivity index (χ0n) is 15.7. The summed E-state index contributed by atoms with van der Waals surface area (Å²) in [5.41, 5.74) is 0.794. The lowest BCUT2D eigenvalue weighted by molar-refractivity contribution is -0.120. The van der Waals surface area contributed by atoms with Gasteiger partial charge in [0.25, 0.3) is 0 Å².